The van der Waals surface area contributed by atoms with Crippen molar-refractivity contribution in [1.82, 2.24) is 20.2 Å². The van der Waals surface area contributed by atoms with E-state index in [9.17, 15) is 0 Å². The molecule has 0 saturated carbocycles. The Morgan fingerprint density at radius 2 is 2.11 bits per heavy atom. The Hall–Kier alpha value is -1.50. The van der Waals surface area contributed by atoms with E-state index in [0.717, 1.165) is 30.6 Å². The van der Waals surface area contributed by atoms with Crippen molar-refractivity contribution in [2.45, 2.75) is 31.4 Å². The molecule has 2 heterocycles. The van der Waals surface area contributed by atoms with Gasteiger partial charge < -0.3 is 11.1 Å². The van der Waals surface area contributed by atoms with Gasteiger partial charge in [-0.2, -0.15) is 26.8 Å². The van der Waals surface area contributed by atoms with Crippen LogP contribution < -0.4 is 11.1 Å². The standard InChI is InChI=1S/C12H20N6S/c1-4-12(5-2,19-3)7-14-9-8-6-15-18-10(8)17-11(13)16-9/h6H,4-5,7H2,1-3H3,(H4,13,14,15,16,17,18). The lowest BCUT2D eigenvalue weighted by atomic mass is 10.0. The number of hydrogen-bond acceptors (Lipinski definition) is 6. The predicted octanol–water partition coefficient (Wildman–Crippen LogP) is 2.27. The molecule has 0 spiro atoms. The summed E-state index contributed by atoms with van der Waals surface area (Å²) in [4.78, 5) is 8.37. The molecule has 4 N–H and O–H groups in total. The molecule has 0 radical (unpaired) electrons. The van der Waals surface area contributed by atoms with E-state index in [1.807, 2.05) is 11.8 Å². The average Bonchev–Trinajstić information content (AvgIpc) is 2.88. The summed E-state index contributed by atoms with van der Waals surface area (Å²) in [5.41, 5.74) is 6.37. The van der Waals surface area contributed by atoms with Crippen LogP contribution in [0.3, 0.4) is 0 Å². The fourth-order valence-corrected chi connectivity index (χ4v) is 2.89. The van der Waals surface area contributed by atoms with Crippen molar-refractivity contribution in [3.63, 3.8) is 0 Å². The number of hydrogen-bond donors (Lipinski definition) is 3. The Morgan fingerprint density at radius 1 is 1.37 bits per heavy atom. The number of aromatic amines is 1. The fourth-order valence-electron chi connectivity index (χ4n) is 2.09. The number of anilines is 2. The van der Waals surface area contributed by atoms with Crippen LogP contribution in [0.5, 0.6) is 0 Å². The third-order valence-corrected chi connectivity index (χ3v) is 5.21. The maximum Gasteiger partial charge on any atom is 0.224 e. The van der Waals surface area contributed by atoms with Gasteiger partial charge in [0.15, 0.2) is 5.65 Å². The number of thioether (sulfide) groups is 1. The van der Waals surface area contributed by atoms with Gasteiger partial charge in [-0.1, -0.05) is 13.8 Å². The molecule has 6 nitrogen and oxygen atoms in total. The molecule has 0 aliphatic carbocycles. The van der Waals surface area contributed by atoms with E-state index in [0.29, 0.717) is 5.65 Å². The molecule has 7 heteroatoms. The first kappa shape index (κ1) is 13.9. The van der Waals surface area contributed by atoms with Crippen molar-refractivity contribution >= 4 is 34.6 Å². The summed E-state index contributed by atoms with van der Waals surface area (Å²) in [7, 11) is 0. The largest absolute Gasteiger partial charge is 0.368 e. The van der Waals surface area contributed by atoms with E-state index in [1.165, 1.54) is 0 Å². The van der Waals surface area contributed by atoms with E-state index < -0.39 is 0 Å². The van der Waals surface area contributed by atoms with Gasteiger partial charge in [0.25, 0.3) is 0 Å². The highest BCUT2D eigenvalue weighted by Crippen LogP contribution is 2.31. The smallest absolute Gasteiger partial charge is 0.224 e. The molecule has 19 heavy (non-hydrogen) atoms. The first-order chi connectivity index (χ1) is 9.14. The highest BCUT2D eigenvalue weighted by atomic mass is 32.2. The third-order valence-electron chi connectivity index (χ3n) is 3.63. The van der Waals surface area contributed by atoms with Crippen molar-refractivity contribution in [3.8, 4) is 0 Å². The van der Waals surface area contributed by atoms with E-state index >= 15 is 0 Å². The van der Waals surface area contributed by atoms with E-state index in [1.54, 1.807) is 6.20 Å². The topological polar surface area (TPSA) is 92.5 Å². The van der Waals surface area contributed by atoms with Gasteiger partial charge in [0.2, 0.25) is 5.95 Å². The van der Waals surface area contributed by atoms with Gasteiger partial charge in [-0.3, -0.25) is 5.10 Å². The zero-order valence-electron chi connectivity index (χ0n) is 11.5. The molecule has 0 fully saturated rings. The molecule has 0 bridgehead atoms. The van der Waals surface area contributed by atoms with Crippen LogP contribution in [0.15, 0.2) is 6.20 Å². The SMILES string of the molecule is CCC(CC)(CNc1nc(N)nc2[nH]ncc12)SC. The zero-order chi connectivity index (χ0) is 13.9. The average molecular weight is 280 g/mol. The number of nitrogen functional groups attached to an aromatic ring is 1. The van der Waals surface area contributed by atoms with Crippen molar-refractivity contribution in [1.29, 1.82) is 0 Å². The van der Waals surface area contributed by atoms with E-state index in [2.05, 4.69) is 45.6 Å². The minimum absolute atomic E-state index is 0.218. The molecule has 2 aromatic heterocycles. The minimum Gasteiger partial charge on any atom is -0.368 e. The highest BCUT2D eigenvalue weighted by molar-refractivity contribution is 8.00. The molecule has 0 amide bonds. The van der Waals surface area contributed by atoms with Crippen LogP contribution in [0, 0.1) is 0 Å². The number of nitrogens with zero attached hydrogens (tertiary/aromatic N) is 3. The van der Waals surface area contributed by atoms with Crippen molar-refractivity contribution in [3.05, 3.63) is 6.20 Å². The van der Waals surface area contributed by atoms with Gasteiger partial charge in [-0.05, 0) is 19.1 Å². The molecule has 104 valence electrons. The third kappa shape index (κ3) is 2.75. The monoisotopic (exact) mass is 280 g/mol. The lowest BCUT2D eigenvalue weighted by Crippen LogP contribution is -2.32. The van der Waals surface area contributed by atoms with Crippen LogP contribution in [-0.2, 0) is 0 Å². The number of aromatic nitrogens is 4. The van der Waals surface area contributed by atoms with Crippen LogP contribution in [0.2, 0.25) is 0 Å². The summed E-state index contributed by atoms with van der Waals surface area (Å²) < 4.78 is 0.218. The Bertz CT molecular complexity index is 540. The van der Waals surface area contributed by atoms with Crippen LogP contribution in [0.25, 0.3) is 11.0 Å². The molecule has 0 saturated heterocycles. The maximum atomic E-state index is 5.71. The highest BCUT2D eigenvalue weighted by Gasteiger charge is 2.25. The predicted molar refractivity (Wildman–Crippen MR) is 81.4 cm³/mol. The molecule has 0 unspecified atom stereocenters. The molecule has 0 aromatic carbocycles. The molecule has 0 aliphatic rings. The van der Waals surface area contributed by atoms with E-state index in [-0.39, 0.29) is 10.7 Å². The summed E-state index contributed by atoms with van der Waals surface area (Å²) in [6.07, 6.45) is 6.08. The Morgan fingerprint density at radius 3 is 2.74 bits per heavy atom. The van der Waals surface area contributed by atoms with Crippen molar-refractivity contribution in [2.75, 3.05) is 23.9 Å². The Labute approximate surface area is 117 Å². The normalized spacial score (nSPS) is 11.9. The van der Waals surface area contributed by atoms with Gasteiger partial charge in [-0.25, -0.2) is 0 Å². The second-order valence-electron chi connectivity index (χ2n) is 4.51. The summed E-state index contributed by atoms with van der Waals surface area (Å²) in [6, 6.07) is 0. The van der Waals surface area contributed by atoms with Crippen LogP contribution in [0.4, 0.5) is 11.8 Å². The minimum atomic E-state index is 0.218. The van der Waals surface area contributed by atoms with Crippen LogP contribution in [0.1, 0.15) is 26.7 Å². The summed E-state index contributed by atoms with van der Waals surface area (Å²) in [5.74, 6) is 0.999. The van der Waals surface area contributed by atoms with Crippen molar-refractivity contribution < 1.29 is 0 Å². The van der Waals surface area contributed by atoms with Crippen LogP contribution >= 0.6 is 11.8 Å². The van der Waals surface area contributed by atoms with Gasteiger partial charge in [-0.15, -0.1) is 0 Å². The lowest BCUT2D eigenvalue weighted by molar-refractivity contribution is 0.574. The molecule has 2 rings (SSSR count). The number of rotatable bonds is 6. The fraction of sp³-hybridized carbons (Fsp3) is 0.583. The molecule has 0 aliphatic heterocycles. The van der Waals surface area contributed by atoms with Gasteiger partial charge in [0.05, 0.1) is 11.6 Å². The van der Waals surface area contributed by atoms with Crippen molar-refractivity contribution in [2.24, 2.45) is 0 Å². The lowest BCUT2D eigenvalue weighted by Gasteiger charge is -2.30. The zero-order valence-corrected chi connectivity index (χ0v) is 12.3. The van der Waals surface area contributed by atoms with Gasteiger partial charge >= 0.3 is 0 Å². The first-order valence-electron chi connectivity index (χ1n) is 6.39. The second kappa shape index (κ2) is 5.64. The Balaban J connectivity index is 2.24. The molecule has 2 aromatic rings. The summed E-state index contributed by atoms with van der Waals surface area (Å²) in [5, 5.41) is 11.1. The van der Waals surface area contributed by atoms with Crippen LogP contribution in [-0.4, -0.2) is 37.7 Å². The van der Waals surface area contributed by atoms with Gasteiger partial charge in [0.1, 0.15) is 5.82 Å². The number of nitrogens with two attached hydrogens (primary N) is 1. The summed E-state index contributed by atoms with van der Waals surface area (Å²) >= 11 is 1.89. The van der Waals surface area contributed by atoms with E-state index in [4.69, 9.17) is 5.73 Å². The first-order valence-corrected chi connectivity index (χ1v) is 7.62. The molecule has 0 atom stereocenters. The molecular weight excluding hydrogens is 260 g/mol. The number of fused-ring (bicyclic) bond motifs is 1. The quantitative estimate of drug-likeness (QED) is 0.751. The second-order valence-corrected chi connectivity index (χ2v) is 5.78. The number of H-pyrrole nitrogens is 1. The summed E-state index contributed by atoms with van der Waals surface area (Å²) in [6.45, 7) is 5.27. The molecular formula is C12H20N6S. The number of nitrogens with one attached hydrogen (secondary N) is 2. The Kier molecular flexibility index (Phi) is 4.14. The van der Waals surface area contributed by atoms with Gasteiger partial charge in [0, 0.05) is 11.3 Å². The maximum absolute atomic E-state index is 5.71.